The third kappa shape index (κ3) is 3.57. The lowest BCUT2D eigenvalue weighted by atomic mass is 9.91. The van der Waals surface area contributed by atoms with Crippen LogP contribution in [0.3, 0.4) is 0 Å². The minimum Gasteiger partial charge on any atom is -0.496 e. The molecule has 0 saturated carbocycles. The van der Waals surface area contributed by atoms with Crippen LogP contribution in [-0.2, 0) is 17.6 Å². The van der Waals surface area contributed by atoms with Crippen LogP contribution in [0.2, 0.25) is 0 Å². The summed E-state index contributed by atoms with van der Waals surface area (Å²) in [6, 6.07) is 22.3. The predicted molar refractivity (Wildman–Crippen MR) is 97.0 cm³/mol. The fourth-order valence-corrected chi connectivity index (χ4v) is 3.06. The van der Waals surface area contributed by atoms with Crippen LogP contribution in [0.15, 0.2) is 66.7 Å². The molecule has 1 atom stereocenters. The van der Waals surface area contributed by atoms with E-state index in [1.807, 2.05) is 36.4 Å². The fraction of sp³-hybridized carbons (Fsp3) is 0.190. The highest BCUT2D eigenvalue weighted by atomic mass is 16.5. The molecule has 3 aromatic carbocycles. The van der Waals surface area contributed by atoms with Gasteiger partial charge in [0.1, 0.15) is 5.75 Å². The average molecular weight is 319 g/mol. The minimum atomic E-state index is -0.283. The number of nitrogens with two attached hydrogens (primary N) is 1. The number of hydrogen-bond acceptors (Lipinski definition) is 2. The van der Waals surface area contributed by atoms with E-state index in [1.165, 1.54) is 10.8 Å². The molecule has 0 heterocycles. The molecule has 1 amide bonds. The summed E-state index contributed by atoms with van der Waals surface area (Å²) in [5.74, 6) is 0.249. The van der Waals surface area contributed by atoms with Crippen molar-refractivity contribution in [2.45, 2.75) is 12.8 Å². The van der Waals surface area contributed by atoms with Gasteiger partial charge in [0.2, 0.25) is 5.91 Å². The number of ether oxygens (including phenoxy) is 1. The van der Waals surface area contributed by atoms with Crippen LogP contribution in [0.4, 0.5) is 0 Å². The van der Waals surface area contributed by atoms with E-state index in [-0.39, 0.29) is 11.8 Å². The molecule has 3 nitrogen and oxygen atoms in total. The molecule has 122 valence electrons. The zero-order valence-corrected chi connectivity index (χ0v) is 13.7. The Labute approximate surface area is 142 Å². The summed E-state index contributed by atoms with van der Waals surface area (Å²) in [6.07, 6.45) is 1.20. The van der Waals surface area contributed by atoms with Crippen molar-refractivity contribution in [1.29, 1.82) is 0 Å². The van der Waals surface area contributed by atoms with Crippen molar-refractivity contribution in [3.63, 3.8) is 0 Å². The van der Waals surface area contributed by atoms with Gasteiger partial charge in [-0.25, -0.2) is 0 Å². The maximum Gasteiger partial charge on any atom is 0.221 e. The topological polar surface area (TPSA) is 52.3 Å². The first-order valence-electron chi connectivity index (χ1n) is 8.06. The van der Waals surface area contributed by atoms with Crippen molar-refractivity contribution >= 4 is 16.7 Å². The summed E-state index contributed by atoms with van der Waals surface area (Å²) in [5, 5.41) is 2.37. The van der Waals surface area contributed by atoms with Gasteiger partial charge >= 0.3 is 0 Å². The van der Waals surface area contributed by atoms with Crippen LogP contribution in [0.5, 0.6) is 5.75 Å². The average Bonchev–Trinajstić information content (AvgIpc) is 2.61. The van der Waals surface area contributed by atoms with Crippen LogP contribution in [0.25, 0.3) is 10.8 Å². The number of rotatable bonds is 6. The van der Waals surface area contributed by atoms with Crippen LogP contribution in [0.1, 0.15) is 11.1 Å². The molecule has 0 bridgehead atoms. The third-order valence-corrected chi connectivity index (χ3v) is 4.36. The Morgan fingerprint density at radius 1 is 0.958 bits per heavy atom. The van der Waals surface area contributed by atoms with E-state index in [0.717, 1.165) is 16.9 Å². The van der Waals surface area contributed by atoms with Gasteiger partial charge in [0.05, 0.1) is 7.11 Å². The maximum absolute atomic E-state index is 12.0. The van der Waals surface area contributed by atoms with E-state index in [9.17, 15) is 4.79 Å². The molecule has 3 aromatic rings. The molecule has 0 aliphatic carbocycles. The highest BCUT2D eigenvalue weighted by Crippen LogP contribution is 2.24. The molecule has 2 N–H and O–H groups in total. The molecular weight excluding hydrogens is 298 g/mol. The van der Waals surface area contributed by atoms with Crippen molar-refractivity contribution < 1.29 is 9.53 Å². The van der Waals surface area contributed by atoms with Gasteiger partial charge in [0.15, 0.2) is 0 Å². The molecule has 0 saturated heterocycles. The summed E-state index contributed by atoms with van der Waals surface area (Å²) in [5.41, 5.74) is 7.78. The Kier molecular flexibility index (Phi) is 4.80. The summed E-state index contributed by atoms with van der Waals surface area (Å²) < 4.78 is 5.38. The van der Waals surface area contributed by atoms with E-state index in [1.54, 1.807) is 7.11 Å². The number of benzene rings is 3. The second-order valence-corrected chi connectivity index (χ2v) is 6.00. The molecule has 0 aliphatic heterocycles. The van der Waals surface area contributed by atoms with Crippen molar-refractivity contribution in [3.05, 3.63) is 77.9 Å². The van der Waals surface area contributed by atoms with Crippen LogP contribution < -0.4 is 10.5 Å². The minimum absolute atomic E-state index is 0.262. The number of amides is 1. The number of hydrogen-bond donors (Lipinski definition) is 1. The number of carbonyl (C=O) groups excluding carboxylic acids is 1. The first kappa shape index (κ1) is 16.1. The maximum atomic E-state index is 12.0. The van der Waals surface area contributed by atoms with E-state index in [4.69, 9.17) is 10.5 Å². The van der Waals surface area contributed by atoms with Gasteiger partial charge in [0.25, 0.3) is 0 Å². The van der Waals surface area contributed by atoms with Crippen LogP contribution in [-0.4, -0.2) is 13.0 Å². The number of methoxy groups -OCH3 is 1. The van der Waals surface area contributed by atoms with E-state index in [0.29, 0.717) is 12.8 Å². The fourth-order valence-electron chi connectivity index (χ4n) is 3.06. The Morgan fingerprint density at radius 2 is 1.67 bits per heavy atom. The van der Waals surface area contributed by atoms with Crippen molar-refractivity contribution in [2.75, 3.05) is 7.11 Å². The van der Waals surface area contributed by atoms with Crippen molar-refractivity contribution in [3.8, 4) is 5.75 Å². The number of primary amides is 1. The molecule has 0 aliphatic rings. The molecule has 24 heavy (non-hydrogen) atoms. The molecule has 0 spiro atoms. The monoisotopic (exact) mass is 319 g/mol. The highest BCUT2D eigenvalue weighted by molar-refractivity contribution is 5.83. The lowest BCUT2D eigenvalue weighted by molar-refractivity contribution is -0.121. The van der Waals surface area contributed by atoms with Gasteiger partial charge in [-0.05, 0) is 40.8 Å². The molecule has 1 unspecified atom stereocenters. The second kappa shape index (κ2) is 7.18. The molecule has 0 aromatic heterocycles. The lowest BCUT2D eigenvalue weighted by Crippen LogP contribution is -2.27. The Balaban J connectivity index is 1.84. The van der Waals surface area contributed by atoms with Gasteiger partial charge in [-0.2, -0.15) is 0 Å². The van der Waals surface area contributed by atoms with Crippen LogP contribution in [0, 0.1) is 5.92 Å². The molecular formula is C21H21NO2. The van der Waals surface area contributed by atoms with Crippen LogP contribution >= 0.6 is 0 Å². The quantitative estimate of drug-likeness (QED) is 0.752. The number of para-hydroxylation sites is 1. The van der Waals surface area contributed by atoms with Gasteiger partial charge in [0, 0.05) is 5.92 Å². The van der Waals surface area contributed by atoms with Gasteiger partial charge < -0.3 is 10.5 Å². The highest BCUT2D eigenvalue weighted by Gasteiger charge is 2.18. The summed E-state index contributed by atoms with van der Waals surface area (Å²) in [6.45, 7) is 0. The molecule has 3 rings (SSSR count). The zero-order valence-electron chi connectivity index (χ0n) is 13.7. The Hall–Kier alpha value is -2.81. The standard InChI is InChI=1S/C21H21NO2/c1-24-20-9-5-4-8-18(20)14-19(21(22)23)13-15-10-11-16-6-2-3-7-17(16)12-15/h2-12,19H,13-14H2,1H3,(H2,22,23). The summed E-state index contributed by atoms with van der Waals surface area (Å²) in [7, 11) is 1.64. The lowest BCUT2D eigenvalue weighted by Gasteiger charge is -2.16. The van der Waals surface area contributed by atoms with Gasteiger partial charge in [-0.3, -0.25) is 4.79 Å². The largest absolute Gasteiger partial charge is 0.496 e. The van der Waals surface area contributed by atoms with E-state index in [2.05, 4.69) is 30.3 Å². The Morgan fingerprint density at radius 3 is 2.42 bits per heavy atom. The van der Waals surface area contributed by atoms with Crippen molar-refractivity contribution in [1.82, 2.24) is 0 Å². The molecule has 0 radical (unpaired) electrons. The first-order chi connectivity index (χ1) is 11.7. The SMILES string of the molecule is COc1ccccc1CC(Cc1ccc2ccccc2c1)C(N)=O. The number of fused-ring (bicyclic) bond motifs is 1. The third-order valence-electron chi connectivity index (χ3n) is 4.36. The van der Waals surface area contributed by atoms with E-state index >= 15 is 0 Å². The van der Waals surface area contributed by atoms with E-state index < -0.39 is 0 Å². The second-order valence-electron chi connectivity index (χ2n) is 6.00. The molecule has 3 heteroatoms. The normalized spacial score (nSPS) is 12.0. The zero-order chi connectivity index (χ0) is 16.9. The number of carbonyl (C=O) groups is 1. The van der Waals surface area contributed by atoms with Gasteiger partial charge in [-0.1, -0.05) is 60.7 Å². The summed E-state index contributed by atoms with van der Waals surface area (Å²) in [4.78, 5) is 12.0. The smallest absolute Gasteiger partial charge is 0.221 e. The summed E-state index contributed by atoms with van der Waals surface area (Å²) >= 11 is 0. The Bertz CT molecular complexity index is 857. The van der Waals surface area contributed by atoms with Crippen molar-refractivity contribution in [2.24, 2.45) is 11.7 Å². The first-order valence-corrected chi connectivity index (χ1v) is 8.06. The predicted octanol–water partition coefficient (Wildman–Crippen LogP) is 3.74. The van der Waals surface area contributed by atoms with Gasteiger partial charge in [-0.15, -0.1) is 0 Å². The molecule has 0 fully saturated rings.